The Morgan fingerprint density at radius 3 is 2.32 bits per heavy atom. The molecule has 3 rings (SSSR count). The van der Waals surface area contributed by atoms with Gasteiger partial charge in [0.15, 0.2) is 5.96 Å². The van der Waals surface area contributed by atoms with Crippen molar-refractivity contribution in [2.75, 3.05) is 52.4 Å². The fraction of sp³-hybridized carbons (Fsp3) is 0.909. The highest BCUT2D eigenvalue weighted by Crippen LogP contribution is 2.41. The van der Waals surface area contributed by atoms with E-state index in [1.54, 1.807) is 0 Å². The molecular formula is C22H41N5O. The van der Waals surface area contributed by atoms with E-state index in [4.69, 9.17) is 4.99 Å². The second-order valence-corrected chi connectivity index (χ2v) is 8.98. The normalized spacial score (nSPS) is 23.5. The maximum Gasteiger partial charge on any atom is 0.225 e. The topological polar surface area (TPSA) is 60.0 Å². The first kappa shape index (κ1) is 21.4. The minimum atomic E-state index is 0.332. The van der Waals surface area contributed by atoms with Crippen LogP contribution >= 0.6 is 0 Å². The Hall–Kier alpha value is -1.30. The second kappa shape index (κ2) is 10.5. The molecule has 2 saturated carbocycles. The van der Waals surface area contributed by atoms with Crippen LogP contribution in [0, 0.1) is 11.3 Å². The standard InChI is InChI=1S/C22H41N5O/c1-3-22(10-5-6-11-22)18-25-21(23-4-2)24-12-13-26-14-16-27(17-15-26)20(28)19-8-7-9-19/h19H,3-18H2,1-2H3,(H2,23,24,25). The molecule has 2 aliphatic carbocycles. The minimum absolute atomic E-state index is 0.332. The SMILES string of the molecule is CCNC(=NCC1(CC)CCCC1)NCCN1CCN(C(=O)C2CCC2)CC1. The Labute approximate surface area is 171 Å². The number of hydrogen-bond donors (Lipinski definition) is 2. The molecule has 160 valence electrons. The lowest BCUT2D eigenvalue weighted by Gasteiger charge is -2.38. The van der Waals surface area contributed by atoms with Gasteiger partial charge < -0.3 is 15.5 Å². The van der Waals surface area contributed by atoms with E-state index in [9.17, 15) is 4.79 Å². The molecule has 1 heterocycles. The average Bonchev–Trinajstić information content (AvgIpc) is 3.15. The van der Waals surface area contributed by atoms with Crippen molar-refractivity contribution in [2.24, 2.45) is 16.3 Å². The first-order valence-corrected chi connectivity index (χ1v) is 11.7. The Kier molecular flexibility index (Phi) is 8.00. The molecule has 28 heavy (non-hydrogen) atoms. The van der Waals surface area contributed by atoms with Crippen LogP contribution in [-0.4, -0.2) is 74.0 Å². The molecule has 0 radical (unpaired) electrons. The van der Waals surface area contributed by atoms with Crippen LogP contribution in [0.1, 0.15) is 65.2 Å². The van der Waals surface area contributed by atoms with Crippen LogP contribution in [0.3, 0.4) is 0 Å². The summed E-state index contributed by atoms with van der Waals surface area (Å²) in [7, 11) is 0. The van der Waals surface area contributed by atoms with Gasteiger partial charge in [-0.25, -0.2) is 0 Å². The van der Waals surface area contributed by atoms with E-state index < -0.39 is 0 Å². The Balaban J connectivity index is 1.37. The predicted molar refractivity (Wildman–Crippen MR) is 116 cm³/mol. The lowest BCUT2D eigenvalue weighted by Crippen LogP contribution is -2.52. The summed E-state index contributed by atoms with van der Waals surface area (Å²) in [4.78, 5) is 21.8. The first-order chi connectivity index (χ1) is 13.7. The highest BCUT2D eigenvalue weighted by molar-refractivity contribution is 5.80. The molecule has 0 bridgehead atoms. The molecule has 3 fully saturated rings. The number of carbonyl (C=O) groups is 1. The summed E-state index contributed by atoms with van der Waals surface area (Å²) in [6, 6.07) is 0. The van der Waals surface area contributed by atoms with Gasteiger partial charge in [0.1, 0.15) is 0 Å². The number of aliphatic imine (C=N–C) groups is 1. The minimum Gasteiger partial charge on any atom is -0.357 e. The molecule has 2 N–H and O–H groups in total. The van der Waals surface area contributed by atoms with Gasteiger partial charge in [-0.05, 0) is 44.4 Å². The van der Waals surface area contributed by atoms with Crippen molar-refractivity contribution in [3.05, 3.63) is 0 Å². The molecule has 6 nitrogen and oxygen atoms in total. The van der Waals surface area contributed by atoms with E-state index in [0.29, 0.717) is 17.2 Å². The van der Waals surface area contributed by atoms with Crippen molar-refractivity contribution < 1.29 is 4.79 Å². The van der Waals surface area contributed by atoms with E-state index in [2.05, 4.69) is 34.3 Å². The highest BCUT2D eigenvalue weighted by Gasteiger charge is 2.32. The van der Waals surface area contributed by atoms with Gasteiger partial charge in [-0.15, -0.1) is 0 Å². The number of nitrogens with one attached hydrogen (secondary N) is 2. The third-order valence-corrected chi connectivity index (χ3v) is 7.19. The zero-order valence-electron chi connectivity index (χ0n) is 18.1. The van der Waals surface area contributed by atoms with E-state index in [1.165, 1.54) is 38.5 Å². The van der Waals surface area contributed by atoms with Gasteiger partial charge >= 0.3 is 0 Å². The van der Waals surface area contributed by atoms with Crippen molar-refractivity contribution in [3.8, 4) is 0 Å². The zero-order chi connectivity index (χ0) is 19.8. The fourth-order valence-corrected chi connectivity index (χ4v) is 4.77. The molecule has 6 heteroatoms. The number of hydrogen-bond acceptors (Lipinski definition) is 3. The van der Waals surface area contributed by atoms with Gasteiger partial charge in [-0.1, -0.05) is 26.2 Å². The lowest BCUT2D eigenvalue weighted by atomic mass is 9.84. The predicted octanol–water partition coefficient (Wildman–Crippen LogP) is 2.46. The molecule has 3 aliphatic rings. The van der Waals surface area contributed by atoms with Crippen LogP contribution in [0.2, 0.25) is 0 Å². The molecule has 1 saturated heterocycles. The van der Waals surface area contributed by atoms with Crippen LogP contribution in [0.15, 0.2) is 4.99 Å². The second-order valence-electron chi connectivity index (χ2n) is 8.98. The quantitative estimate of drug-likeness (QED) is 0.493. The lowest BCUT2D eigenvalue weighted by molar-refractivity contribution is -0.139. The maximum atomic E-state index is 12.4. The van der Waals surface area contributed by atoms with E-state index in [-0.39, 0.29) is 0 Å². The first-order valence-electron chi connectivity index (χ1n) is 11.7. The van der Waals surface area contributed by atoms with Gasteiger partial charge in [0, 0.05) is 58.3 Å². The van der Waals surface area contributed by atoms with Crippen LogP contribution in [-0.2, 0) is 4.79 Å². The third-order valence-electron chi connectivity index (χ3n) is 7.19. The van der Waals surface area contributed by atoms with Crippen molar-refractivity contribution >= 4 is 11.9 Å². The summed E-state index contributed by atoms with van der Waals surface area (Å²) < 4.78 is 0. The van der Waals surface area contributed by atoms with Crippen molar-refractivity contribution in [3.63, 3.8) is 0 Å². The Bertz CT molecular complexity index is 517. The summed E-state index contributed by atoms with van der Waals surface area (Å²) in [5, 5.41) is 6.92. The molecule has 0 spiro atoms. The van der Waals surface area contributed by atoms with Crippen LogP contribution in [0.5, 0.6) is 0 Å². The van der Waals surface area contributed by atoms with Crippen LogP contribution < -0.4 is 10.6 Å². The smallest absolute Gasteiger partial charge is 0.225 e. The summed E-state index contributed by atoms with van der Waals surface area (Å²) in [6.45, 7) is 12.0. The number of carbonyl (C=O) groups excluding carboxylic acids is 1. The Morgan fingerprint density at radius 1 is 1.04 bits per heavy atom. The molecule has 1 aliphatic heterocycles. The van der Waals surface area contributed by atoms with Gasteiger partial charge in [-0.2, -0.15) is 0 Å². The van der Waals surface area contributed by atoms with Gasteiger partial charge in [0.05, 0.1) is 0 Å². The number of amides is 1. The fourth-order valence-electron chi connectivity index (χ4n) is 4.77. The van der Waals surface area contributed by atoms with Crippen LogP contribution in [0.25, 0.3) is 0 Å². The summed E-state index contributed by atoms with van der Waals surface area (Å²) in [5.74, 6) is 1.70. The summed E-state index contributed by atoms with van der Waals surface area (Å²) in [5.41, 5.74) is 0.436. The largest absolute Gasteiger partial charge is 0.357 e. The number of nitrogens with zero attached hydrogens (tertiary/aromatic N) is 3. The maximum absolute atomic E-state index is 12.4. The van der Waals surface area contributed by atoms with E-state index in [1.807, 2.05) is 0 Å². The number of rotatable bonds is 8. The van der Waals surface area contributed by atoms with Crippen molar-refractivity contribution in [1.29, 1.82) is 0 Å². The zero-order valence-corrected chi connectivity index (χ0v) is 18.1. The van der Waals surface area contributed by atoms with Crippen LogP contribution in [0.4, 0.5) is 0 Å². The number of piperazine rings is 1. The molecule has 0 aromatic heterocycles. The Morgan fingerprint density at radius 2 is 1.75 bits per heavy atom. The van der Waals surface area contributed by atoms with Crippen molar-refractivity contribution in [2.45, 2.75) is 65.2 Å². The molecule has 0 aromatic carbocycles. The summed E-state index contributed by atoms with van der Waals surface area (Å²) in [6.07, 6.45) is 10.1. The monoisotopic (exact) mass is 391 g/mol. The average molecular weight is 392 g/mol. The van der Waals surface area contributed by atoms with Crippen molar-refractivity contribution in [1.82, 2.24) is 20.4 Å². The molecular weight excluding hydrogens is 350 g/mol. The third kappa shape index (κ3) is 5.62. The van der Waals surface area contributed by atoms with Gasteiger partial charge in [0.2, 0.25) is 5.91 Å². The molecule has 0 aromatic rings. The van der Waals surface area contributed by atoms with Gasteiger partial charge in [-0.3, -0.25) is 14.7 Å². The summed E-state index contributed by atoms with van der Waals surface area (Å²) >= 11 is 0. The van der Waals surface area contributed by atoms with Gasteiger partial charge in [0.25, 0.3) is 0 Å². The number of guanidine groups is 1. The highest BCUT2D eigenvalue weighted by atomic mass is 16.2. The van der Waals surface area contributed by atoms with E-state index in [0.717, 1.165) is 71.2 Å². The van der Waals surface area contributed by atoms with E-state index >= 15 is 0 Å². The molecule has 1 amide bonds. The molecule has 0 atom stereocenters. The molecule has 0 unspecified atom stereocenters.